The minimum atomic E-state index is -0.0150. The highest BCUT2D eigenvalue weighted by Crippen LogP contribution is 2.23. The molecule has 0 spiro atoms. The lowest BCUT2D eigenvalue weighted by Gasteiger charge is -2.12. The summed E-state index contributed by atoms with van der Waals surface area (Å²) in [5.41, 5.74) is 4.36. The summed E-state index contributed by atoms with van der Waals surface area (Å²) in [5.74, 6) is 0.926. The van der Waals surface area contributed by atoms with Gasteiger partial charge in [-0.25, -0.2) is 0 Å². The molecule has 21 heavy (non-hydrogen) atoms. The third-order valence-corrected chi connectivity index (χ3v) is 4.09. The molecule has 1 N–H and O–H groups in total. The summed E-state index contributed by atoms with van der Waals surface area (Å²) in [7, 11) is 0. The predicted molar refractivity (Wildman–Crippen MR) is 87.4 cm³/mol. The molecule has 0 radical (unpaired) electrons. The van der Waals surface area contributed by atoms with Gasteiger partial charge in [-0.1, -0.05) is 6.07 Å². The Morgan fingerprint density at radius 2 is 2.10 bits per heavy atom. The molecule has 0 atom stereocenters. The smallest absolute Gasteiger partial charge is 0.252 e. The molecule has 1 aromatic carbocycles. The van der Waals surface area contributed by atoms with Crippen molar-refractivity contribution in [2.75, 3.05) is 13.2 Å². The molecule has 0 bridgehead atoms. The Balaban J connectivity index is 1.74. The SMILES string of the molecule is Cc1cc(C)c(C)c(OCCCNC(=O)c2ccsc2)c1. The molecule has 0 aliphatic heterocycles. The Labute approximate surface area is 130 Å². The molecule has 2 rings (SSSR count). The zero-order chi connectivity index (χ0) is 15.2. The van der Waals surface area contributed by atoms with Crippen molar-refractivity contribution in [1.29, 1.82) is 0 Å². The van der Waals surface area contributed by atoms with E-state index in [0.29, 0.717) is 13.2 Å². The second-order valence-electron chi connectivity index (χ2n) is 5.17. The van der Waals surface area contributed by atoms with Crippen LogP contribution in [0.2, 0.25) is 0 Å². The topological polar surface area (TPSA) is 38.3 Å². The molecular formula is C17H21NO2S. The lowest BCUT2D eigenvalue weighted by Crippen LogP contribution is -2.25. The summed E-state index contributed by atoms with van der Waals surface area (Å²) < 4.78 is 5.82. The highest BCUT2D eigenvalue weighted by Gasteiger charge is 2.06. The number of rotatable bonds is 6. The van der Waals surface area contributed by atoms with E-state index in [9.17, 15) is 4.79 Å². The zero-order valence-electron chi connectivity index (χ0n) is 12.7. The fourth-order valence-corrected chi connectivity index (χ4v) is 2.74. The molecule has 0 fully saturated rings. The number of ether oxygens (including phenoxy) is 1. The second kappa shape index (κ2) is 7.27. The lowest BCUT2D eigenvalue weighted by molar-refractivity contribution is 0.0952. The summed E-state index contributed by atoms with van der Waals surface area (Å²) in [6.07, 6.45) is 0.794. The number of carbonyl (C=O) groups excluding carboxylic acids is 1. The average molecular weight is 303 g/mol. The number of carbonyl (C=O) groups is 1. The van der Waals surface area contributed by atoms with Crippen molar-refractivity contribution < 1.29 is 9.53 Å². The van der Waals surface area contributed by atoms with Crippen LogP contribution in [0.4, 0.5) is 0 Å². The van der Waals surface area contributed by atoms with E-state index in [1.54, 1.807) is 0 Å². The van der Waals surface area contributed by atoms with E-state index in [1.165, 1.54) is 28.0 Å². The third kappa shape index (κ3) is 4.33. The van der Waals surface area contributed by atoms with Crippen LogP contribution in [0.3, 0.4) is 0 Å². The van der Waals surface area contributed by atoms with Gasteiger partial charge in [-0.05, 0) is 61.4 Å². The van der Waals surface area contributed by atoms with Crippen molar-refractivity contribution in [2.24, 2.45) is 0 Å². The molecule has 112 valence electrons. The summed E-state index contributed by atoms with van der Waals surface area (Å²) in [4.78, 5) is 11.7. The van der Waals surface area contributed by atoms with Crippen molar-refractivity contribution in [3.8, 4) is 5.75 Å². The van der Waals surface area contributed by atoms with E-state index in [2.05, 4.69) is 38.2 Å². The molecule has 2 aromatic rings. The van der Waals surface area contributed by atoms with Gasteiger partial charge in [0.25, 0.3) is 5.91 Å². The maximum atomic E-state index is 11.7. The number of hydrogen-bond acceptors (Lipinski definition) is 3. The van der Waals surface area contributed by atoms with E-state index in [4.69, 9.17) is 4.74 Å². The van der Waals surface area contributed by atoms with Crippen LogP contribution in [0.1, 0.15) is 33.5 Å². The molecule has 0 unspecified atom stereocenters. The summed E-state index contributed by atoms with van der Waals surface area (Å²) in [6.45, 7) is 7.46. The molecule has 4 heteroatoms. The van der Waals surface area contributed by atoms with Gasteiger partial charge < -0.3 is 10.1 Å². The van der Waals surface area contributed by atoms with E-state index in [-0.39, 0.29) is 5.91 Å². The molecule has 0 saturated heterocycles. The molecule has 3 nitrogen and oxygen atoms in total. The second-order valence-corrected chi connectivity index (χ2v) is 5.95. The van der Waals surface area contributed by atoms with Crippen LogP contribution in [0.15, 0.2) is 29.0 Å². The van der Waals surface area contributed by atoms with Crippen LogP contribution in [0.5, 0.6) is 5.75 Å². The van der Waals surface area contributed by atoms with Gasteiger partial charge in [0, 0.05) is 17.5 Å². The maximum absolute atomic E-state index is 11.7. The van der Waals surface area contributed by atoms with Crippen LogP contribution < -0.4 is 10.1 Å². The molecule has 0 saturated carbocycles. The quantitative estimate of drug-likeness (QED) is 0.823. The zero-order valence-corrected chi connectivity index (χ0v) is 13.5. The Hall–Kier alpha value is -1.81. The molecule has 1 aromatic heterocycles. The number of nitrogens with one attached hydrogen (secondary N) is 1. The van der Waals surface area contributed by atoms with Crippen LogP contribution in [0, 0.1) is 20.8 Å². The van der Waals surface area contributed by atoms with Crippen LogP contribution in [-0.4, -0.2) is 19.1 Å². The number of amides is 1. The minimum absolute atomic E-state index is 0.0150. The number of thiophene rings is 1. The normalized spacial score (nSPS) is 10.4. The van der Waals surface area contributed by atoms with Gasteiger partial charge in [-0.3, -0.25) is 4.79 Å². The predicted octanol–water partition coefficient (Wildman–Crippen LogP) is 3.87. The van der Waals surface area contributed by atoms with Gasteiger partial charge in [0.1, 0.15) is 5.75 Å². The van der Waals surface area contributed by atoms with Crippen LogP contribution >= 0.6 is 11.3 Å². The van der Waals surface area contributed by atoms with E-state index in [1.807, 2.05) is 16.8 Å². The first-order chi connectivity index (χ1) is 10.1. The fraction of sp³-hybridized carbons (Fsp3) is 0.353. The van der Waals surface area contributed by atoms with Gasteiger partial charge in [0.15, 0.2) is 0 Å². The third-order valence-electron chi connectivity index (χ3n) is 3.41. The summed E-state index contributed by atoms with van der Waals surface area (Å²) in [5, 5.41) is 6.65. The first-order valence-electron chi connectivity index (χ1n) is 7.09. The standard InChI is InChI=1S/C17H21NO2S/c1-12-9-13(2)14(3)16(10-12)20-7-4-6-18-17(19)15-5-8-21-11-15/h5,8-11H,4,6-7H2,1-3H3,(H,18,19). The highest BCUT2D eigenvalue weighted by molar-refractivity contribution is 7.08. The van der Waals surface area contributed by atoms with Crippen LogP contribution in [0.25, 0.3) is 0 Å². The maximum Gasteiger partial charge on any atom is 0.252 e. The summed E-state index contributed by atoms with van der Waals surface area (Å²) >= 11 is 1.53. The molecule has 0 aliphatic carbocycles. The molecule has 1 heterocycles. The highest BCUT2D eigenvalue weighted by atomic mass is 32.1. The lowest BCUT2D eigenvalue weighted by atomic mass is 10.1. The van der Waals surface area contributed by atoms with Gasteiger partial charge in [-0.15, -0.1) is 0 Å². The minimum Gasteiger partial charge on any atom is -0.493 e. The first-order valence-corrected chi connectivity index (χ1v) is 8.03. The van der Waals surface area contributed by atoms with Gasteiger partial charge in [-0.2, -0.15) is 11.3 Å². The molecule has 0 aliphatic rings. The number of aryl methyl sites for hydroxylation is 2. The summed E-state index contributed by atoms with van der Waals surface area (Å²) in [6, 6.07) is 6.05. The van der Waals surface area contributed by atoms with Crippen LogP contribution in [-0.2, 0) is 0 Å². The molecular weight excluding hydrogens is 282 g/mol. The fourth-order valence-electron chi connectivity index (χ4n) is 2.10. The van der Waals surface area contributed by atoms with Crippen molar-refractivity contribution in [3.63, 3.8) is 0 Å². The Morgan fingerprint density at radius 3 is 2.81 bits per heavy atom. The van der Waals surface area contributed by atoms with Crippen molar-refractivity contribution in [2.45, 2.75) is 27.2 Å². The van der Waals surface area contributed by atoms with E-state index in [0.717, 1.165) is 17.7 Å². The van der Waals surface area contributed by atoms with E-state index < -0.39 is 0 Å². The number of hydrogen-bond donors (Lipinski definition) is 1. The monoisotopic (exact) mass is 303 g/mol. The van der Waals surface area contributed by atoms with Crippen molar-refractivity contribution in [3.05, 3.63) is 51.2 Å². The van der Waals surface area contributed by atoms with Gasteiger partial charge >= 0.3 is 0 Å². The van der Waals surface area contributed by atoms with E-state index >= 15 is 0 Å². The average Bonchev–Trinajstić information content (AvgIpc) is 2.97. The Kier molecular flexibility index (Phi) is 5.39. The van der Waals surface area contributed by atoms with Crippen molar-refractivity contribution >= 4 is 17.2 Å². The van der Waals surface area contributed by atoms with Gasteiger partial charge in [0.2, 0.25) is 0 Å². The number of benzene rings is 1. The Morgan fingerprint density at radius 1 is 1.29 bits per heavy atom. The van der Waals surface area contributed by atoms with Crippen molar-refractivity contribution in [1.82, 2.24) is 5.32 Å². The Bertz CT molecular complexity index is 606. The largest absolute Gasteiger partial charge is 0.493 e. The first kappa shape index (κ1) is 15.6. The van der Waals surface area contributed by atoms with Gasteiger partial charge in [0.05, 0.1) is 6.61 Å². The molecule has 1 amide bonds.